The molecule has 0 radical (unpaired) electrons. The predicted molar refractivity (Wildman–Crippen MR) is 89.6 cm³/mol. The monoisotopic (exact) mass is 411 g/mol. The van der Waals surface area contributed by atoms with E-state index in [4.69, 9.17) is 4.74 Å². The van der Waals surface area contributed by atoms with Crippen LogP contribution in [0.25, 0.3) is 11.2 Å². The van der Waals surface area contributed by atoms with E-state index in [9.17, 15) is 35.4 Å². The maximum Gasteiger partial charge on any atom is 0.256 e. The third kappa shape index (κ3) is 2.56. The van der Waals surface area contributed by atoms with Gasteiger partial charge in [0.15, 0.2) is 23.4 Å². The van der Waals surface area contributed by atoms with E-state index >= 15 is 0 Å². The van der Waals surface area contributed by atoms with Crippen molar-refractivity contribution >= 4 is 23.0 Å². The molecule has 2 aliphatic heterocycles. The van der Waals surface area contributed by atoms with Gasteiger partial charge in [-0.05, 0) is 6.92 Å². The van der Waals surface area contributed by atoms with Crippen LogP contribution in [0.1, 0.15) is 20.1 Å². The Kier molecular flexibility index (Phi) is 4.31. The summed E-state index contributed by atoms with van der Waals surface area (Å²) >= 11 is 0. The number of carboxylic acid groups (broad SMARTS) is 1. The van der Waals surface area contributed by atoms with Gasteiger partial charge in [-0.25, -0.2) is 9.55 Å². The first-order valence-corrected chi connectivity index (χ1v) is 8.84. The van der Waals surface area contributed by atoms with E-state index in [0.29, 0.717) is 0 Å². The first-order chi connectivity index (χ1) is 13.5. The number of hydrogen-bond donors (Lipinski definition) is 6. The van der Waals surface area contributed by atoms with E-state index < -0.39 is 54.5 Å². The molecule has 7 atom stereocenters. The van der Waals surface area contributed by atoms with Crippen LogP contribution >= 0.6 is 0 Å². The van der Waals surface area contributed by atoms with Crippen molar-refractivity contribution in [2.24, 2.45) is 0 Å². The average molecular weight is 411 g/mol. The van der Waals surface area contributed by atoms with Crippen LogP contribution in [0.4, 0.5) is 5.82 Å². The van der Waals surface area contributed by atoms with E-state index in [1.165, 1.54) is 31.1 Å². The summed E-state index contributed by atoms with van der Waals surface area (Å²) in [7, 11) is 0. The second-order valence-electron chi connectivity index (χ2n) is 7.63. The standard InChI is InChI=1S/C16H21N5O8/c1-15(14(26)27)13(25)16(2,28)21-5-18-10-7(11(21)19-15)17-4-20(10)12-9(24)8(23)6(3-22)29-12/h4-6,8-9,12-13,22-25,28H,3H2,1-2H3,(H,26,27)/t6-,8-,9-,12-,13-,15+,16-/m1/s1. The molecule has 4 rings (SSSR count). The van der Waals surface area contributed by atoms with E-state index in [2.05, 4.69) is 15.3 Å². The van der Waals surface area contributed by atoms with Gasteiger partial charge in [0.25, 0.3) is 5.82 Å². The molecular weight excluding hydrogens is 390 g/mol. The predicted octanol–water partition coefficient (Wildman–Crippen LogP) is -4.71. The zero-order valence-corrected chi connectivity index (χ0v) is 15.5. The van der Waals surface area contributed by atoms with Crippen molar-refractivity contribution in [1.29, 1.82) is 0 Å². The van der Waals surface area contributed by atoms with Gasteiger partial charge in [-0.2, -0.15) is 0 Å². The number of aromatic nitrogens is 4. The summed E-state index contributed by atoms with van der Waals surface area (Å²) in [6.07, 6.45) is -4.16. The molecule has 13 heteroatoms. The summed E-state index contributed by atoms with van der Waals surface area (Å²) < 4.78 is 7.94. The fraction of sp³-hybridized carbons (Fsp3) is 0.625. The zero-order valence-electron chi connectivity index (χ0n) is 15.5. The van der Waals surface area contributed by atoms with Crippen LogP contribution in [0.5, 0.6) is 0 Å². The summed E-state index contributed by atoms with van der Waals surface area (Å²) in [4.78, 5) is 20.0. The van der Waals surface area contributed by atoms with Gasteiger partial charge in [0.2, 0.25) is 17.7 Å². The number of carbonyl (C=O) groups excluding carboxylic acids is 1. The number of aliphatic hydroxyl groups is 5. The van der Waals surface area contributed by atoms with Crippen LogP contribution in [0.15, 0.2) is 12.7 Å². The lowest BCUT2D eigenvalue weighted by atomic mass is 9.85. The second kappa shape index (κ2) is 6.29. The van der Waals surface area contributed by atoms with Crippen LogP contribution in [0.3, 0.4) is 0 Å². The van der Waals surface area contributed by atoms with Crippen molar-refractivity contribution in [3.63, 3.8) is 0 Å². The molecule has 0 spiro atoms. The minimum absolute atomic E-state index is 0.0440. The summed E-state index contributed by atoms with van der Waals surface area (Å²) in [6, 6.07) is 0. The third-order valence-corrected chi connectivity index (χ3v) is 5.67. The minimum Gasteiger partial charge on any atom is -0.546 e. The number of fused-ring (bicyclic) bond motifs is 3. The fourth-order valence-corrected chi connectivity index (χ4v) is 3.85. The van der Waals surface area contributed by atoms with Gasteiger partial charge >= 0.3 is 0 Å². The summed E-state index contributed by atoms with van der Waals surface area (Å²) in [6.45, 7) is 1.88. The molecule has 1 fully saturated rings. The number of hydrogen-bond acceptors (Lipinski definition) is 11. The van der Waals surface area contributed by atoms with Gasteiger partial charge in [0.1, 0.15) is 24.6 Å². The molecule has 13 nitrogen and oxygen atoms in total. The van der Waals surface area contributed by atoms with Crippen molar-refractivity contribution in [3.8, 4) is 0 Å². The Bertz CT molecular complexity index is 980. The Morgan fingerprint density at radius 3 is 2.62 bits per heavy atom. The van der Waals surface area contributed by atoms with Crippen LogP contribution in [-0.2, 0) is 15.3 Å². The number of nitrogens with one attached hydrogen (secondary N) is 1. The fourth-order valence-electron chi connectivity index (χ4n) is 3.85. The van der Waals surface area contributed by atoms with Gasteiger partial charge in [-0.3, -0.25) is 9.88 Å². The van der Waals surface area contributed by atoms with Crippen molar-refractivity contribution < 1.29 is 44.7 Å². The molecule has 0 unspecified atom stereocenters. The number of carboxylic acids is 1. The highest BCUT2D eigenvalue weighted by atomic mass is 16.6. The lowest BCUT2D eigenvalue weighted by Gasteiger charge is -2.44. The van der Waals surface area contributed by atoms with Gasteiger partial charge in [0.05, 0.1) is 12.6 Å². The maximum absolute atomic E-state index is 11.7. The van der Waals surface area contributed by atoms with Crippen molar-refractivity contribution in [1.82, 2.24) is 14.5 Å². The third-order valence-electron chi connectivity index (χ3n) is 5.67. The zero-order chi connectivity index (χ0) is 21.3. The molecule has 6 N–H and O–H groups in total. The first kappa shape index (κ1) is 19.9. The Morgan fingerprint density at radius 1 is 1.34 bits per heavy atom. The van der Waals surface area contributed by atoms with Crippen LogP contribution in [0.2, 0.25) is 0 Å². The first-order valence-electron chi connectivity index (χ1n) is 8.84. The van der Waals surface area contributed by atoms with Crippen molar-refractivity contribution in [2.75, 3.05) is 11.9 Å². The number of imidazole rings is 1. The van der Waals surface area contributed by atoms with Gasteiger partial charge in [-0.15, -0.1) is 0 Å². The number of nitrogens with zero attached hydrogens (tertiary/aromatic N) is 4. The van der Waals surface area contributed by atoms with E-state index in [-0.39, 0.29) is 17.0 Å². The Balaban J connectivity index is 1.86. The number of ether oxygens (including phenoxy) is 1. The van der Waals surface area contributed by atoms with Gasteiger partial charge in [0, 0.05) is 6.92 Å². The molecule has 0 aromatic carbocycles. The highest BCUT2D eigenvalue weighted by Gasteiger charge is 2.56. The van der Waals surface area contributed by atoms with Gasteiger partial charge in [-0.1, -0.05) is 4.98 Å². The maximum atomic E-state index is 11.7. The molecule has 0 amide bonds. The topological polar surface area (TPSA) is 197 Å². The largest absolute Gasteiger partial charge is 0.546 e. The number of carbonyl (C=O) groups is 1. The van der Waals surface area contributed by atoms with Crippen molar-refractivity contribution in [3.05, 3.63) is 12.7 Å². The molecule has 0 aliphatic carbocycles. The molecule has 158 valence electrons. The molecule has 1 saturated heterocycles. The quantitative estimate of drug-likeness (QED) is 0.265. The second-order valence-corrected chi connectivity index (χ2v) is 7.63. The number of aliphatic hydroxyl groups excluding tert-OH is 4. The molecule has 0 bridgehead atoms. The summed E-state index contributed by atoms with van der Waals surface area (Å²) in [5.74, 6) is -1.59. The van der Waals surface area contributed by atoms with E-state index in [1.807, 2.05) is 0 Å². The van der Waals surface area contributed by atoms with E-state index in [0.717, 1.165) is 4.57 Å². The van der Waals surface area contributed by atoms with E-state index in [1.54, 1.807) is 0 Å². The number of rotatable bonds is 3. The Labute approximate surface area is 163 Å². The average Bonchev–Trinajstić information content (AvgIpc) is 3.21. The van der Waals surface area contributed by atoms with Crippen LogP contribution in [-0.4, -0.2) is 82.6 Å². The Hall–Kier alpha value is -2.42. The van der Waals surface area contributed by atoms with Crippen LogP contribution < -0.4 is 15.0 Å². The summed E-state index contributed by atoms with van der Waals surface area (Å²) in [5, 5.41) is 65.1. The Morgan fingerprint density at radius 2 is 2.03 bits per heavy atom. The molecule has 4 heterocycles. The molecule has 29 heavy (non-hydrogen) atoms. The smallest absolute Gasteiger partial charge is 0.256 e. The number of anilines is 1. The molecule has 0 saturated carbocycles. The molecule has 2 aromatic heterocycles. The van der Waals surface area contributed by atoms with Crippen LogP contribution in [0, 0.1) is 0 Å². The SMILES string of the molecule is C[C@]1(C(=O)[O-])Nc2c3ncn([C@@H]4O[C@H](CO)[C@@H](O)[C@H]4O)c3nc[n+]2[C@](C)(O)[C@@H]1O. The minimum atomic E-state index is -2.05. The summed E-state index contributed by atoms with van der Waals surface area (Å²) in [5.41, 5.74) is -3.83. The number of aliphatic carboxylic acids is 1. The molecule has 2 aromatic rings. The lowest BCUT2D eigenvalue weighted by Crippen LogP contribution is -2.77. The molecular formula is C16H21N5O8. The van der Waals surface area contributed by atoms with Gasteiger partial charge < -0.3 is 40.2 Å². The molecule has 2 aliphatic rings. The normalized spacial score (nSPS) is 39.3. The highest BCUT2D eigenvalue weighted by molar-refractivity contribution is 5.87. The highest BCUT2D eigenvalue weighted by Crippen LogP contribution is 2.35. The lowest BCUT2D eigenvalue weighted by molar-refractivity contribution is -0.807. The van der Waals surface area contributed by atoms with Crippen molar-refractivity contribution in [2.45, 2.75) is 55.8 Å².